The summed E-state index contributed by atoms with van der Waals surface area (Å²) in [5.41, 5.74) is 6.20. The van der Waals surface area contributed by atoms with E-state index in [1.165, 1.54) is 30.3 Å². The first kappa shape index (κ1) is 68.8. The van der Waals surface area contributed by atoms with Gasteiger partial charge in [0.15, 0.2) is 0 Å². The maximum atomic E-state index is 16.1. The molecule has 14 aromatic carbocycles. The number of carbonyl (C=O) groups excluding carboxylic acids is 4. The number of amides is 4. The Bertz CT molecular complexity index is 5900. The second kappa shape index (κ2) is 27.1. The Kier molecular flexibility index (Phi) is 17.3. The van der Waals surface area contributed by atoms with Gasteiger partial charge in [0.25, 0.3) is 23.6 Å². The smallest absolute Gasteiger partial charge is 0.411 e. The number of imide groups is 2. The quantitative estimate of drug-likeness (QED) is 0.0774. The molecule has 0 radical (unpaired) electrons. The fourth-order valence-corrected chi connectivity index (χ4v) is 15.3. The first-order valence-electron chi connectivity index (χ1n) is 34.6. The third-order valence-electron chi connectivity index (χ3n) is 20.2. The highest BCUT2D eigenvalue weighted by Crippen LogP contribution is 2.59. The molecular formula is C93H60F6N2O7. The van der Waals surface area contributed by atoms with Crippen molar-refractivity contribution in [3.63, 3.8) is 0 Å². The number of aryl methyl sites for hydroxylation is 2. The molecule has 14 aromatic rings. The minimum Gasteiger partial charge on any atom is -0.506 e. The number of phenolic OH excluding ortho intramolecular Hbond substituents is 2. The van der Waals surface area contributed by atoms with Crippen molar-refractivity contribution in [3.8, 4) is 123 Å². The fraction of sp³-hybridized carbons (Fsp3) is 0.0538. The van der Waals surface area contributed by atoms with Crippen LogP contribution >= 0.6 is 0 Å². The van der Waals surface area contributed by atoms with Crippen molar-refractivity contribution in [2.24, 2.45) is 0 Å². The van der Waals surface area contributed by atoms with Crippen molar-refractivity contribution >= 4 is 35.0 Å². The average molecular weight is 1430 g/mol. The van der Waals surface area contributed by atoms with E-state index in [4.69, 9.17) is 4.74 Å². The van der Waals surface area contributed by atoms with E-state index in [1.807, 2.05) is 152 Å². The van der Waals surface area contributed by atoms with Crippen LogP contribution in [0, 0.1) is 13.8 Å². The Labute approximate surface area is 616 Å². The molecule has 0 saturated carbocycles. The zero-order valence-corrected chi connectivity index (χ0v) is 57.6. The second-order valence-electron chi connectivity index (χ2n) is 26.7. The number of carbonyl (C=O) groups is 4. The molecule has 0 atom stereocenters. The number of halogens is 6. The van der Waals surface area contributed by atoms with Crippen LogP contribution in [-0.4, -0.2) is 46.2 Å². The molecule has 15 heteroatoms. The first-order valence-corrected chi connectivity index (χ1v) is 34.6. The van der Waals surface area contributed by atoms with Crippen molar-refractivity contribution in [1.29, 1.82) is 0 Å². The van der Waals surface area contributed by atoms with Crippen LogP contribution < -0.4 is 14.5 Å². The van der Waals surface area contributed by atoms with Crippen molar-refractivity contribution < 1.29 is 60.5 Å². The molecule has 2 aliphatic heterocycles. The van der Waals surface area contributed by atoms with E-state index in [9.17, 15) is 24.6 Å². The Hall–Kier alpha value is -13.7. The molecule has 0 aromatic heterocycles. The third-order valence-corrected chi connectivity index (χ3v) is 20.2. The minimum atomic E-state index is -6.32. The number of hydrogen-bond acceptors (Lipinski definition) is 7. The van der Waals surface area contributed by atoms with Crippen molar-refractivity contribution in [3.05, 3.63) is 360 Å². The molecule has 526 valence electrons. The number of nitrogens with zero attached hydrogens (tertiary/aromatic N) is 2. The predicted octanol–water partition coefficient (Wildman–Crippen LogP) is 23.5. The summed E-state index contributed by atoms with van der Waals surface area (Å²) >= 11 is 0. The predicted molar refractivity (Wildman–Crippen MR) is 409 cm³/mol. The molecule has 0 saturated heterocycles. The highest BCUT2D eigenvalue weighted by Gasteiger charge is 2.73. The van der Waals surface area contributed by atoms with E-state index in [1.54, 1.807) is 13.0 Å². The standard InChI is InChI=1S/C93H60F6N2O7/c1-55-33-45-70-75(49-55)89(106)100(87(70)104)77-52-66(39-47-79(77)102)91(92(94,95)96,93(97,98)99)67-40-48-80(103)78(53-67)101-88(105)71-46-38-65(51-76(71)90(101)107)74-54-73(58-23-11-4-12-24-58)84(86(62-31-19-8-20-32-62)82(74)60-27-15-6-16-28-60)64-36-43-69(44-37-64)108-68-41-34-63(35-42-68)83-72(57-21-9-3-10-22-57)50-56(2)81(59-25-13-5-14-26-59)85(83)61-29-17-7-18-30-61/h3-54,102-103H,1-2H3. The molecule has 16 rings (SSSR count). The highest BCUT2D eigenvalue weighted by atomic mass is 19.4. The lowest BCUT2D eigenvalue weighted by atomic mass is 9.72. The van der Waals surface area contributed by atoms with Crippen molar-refractivity contribution in [2.45, 2.75) is 31.6 Å². The number of anilines is 2. The van der Waals surface area contributed by atoms with Gasteiger partial charge in [0, 0.05) is 0 Å². The largest absolute Gasteiger partial charge is 0.506 e. The zero-order chi connectivity index (χ0) is 74.9. The summed E-state index contributed by atoms with van der Waals surface area (Å²) in [7, 11) is 0. The number of phenols is 2. The molecule has 2 heterocycles. The van der Waals surface area contributed by atoms with Gasteiger partial charge < -0.3 is 14.9 Å². The lowest BCUT2D eigenvalue weighted by Crippen LogP contribution is -2.55. The van der Waals surface area contributed by atoms with E-state index in [0.29, 0.717) is 67.8 Å². The molecule has 4 amide bonds. The van der Waals surface area contributed by atoms with Crippen molar-refractivity contribution in [1.82, 2.24) is 0 Å². The van der Waals surface area contributed by atoms with Gasteiger partial charge in [-0.2, -0.15) is 26.3 Å². The molecule has 9 nitrogen and oxygen atoms in total. The summed E-state index contributed by atoms with van der Waals surface area (Å²) in [6, 6.07) is 91.1. The van der Waals surface area contributed by atoms with E-state index >= 15 is 31.1 Å². The van der Waals surface area contributed by atoms with Gasteiger partial charge in [-0.15, -0.1) is 0 Å². The van der Waals surface area contributed by atoms with Gasteiger partial charge in [-0.3, -0.25) is 19.2 Å². The summed E-state index contributed by atoms with van der Waals surface area (Å²) in [5, 5.41) is 22.6. The summed E-state index contributed by atoms with van der Waals surface area (Å²) in [4.78, 5) is 58.1. The number of rotatable bonds is 15. The Morgan fingerprint density at radius 2 is 0.593 bits per heavy atom. The SMILES string of the molecule is Cc1ccc2c(c1)C(=O)N(c1cc(C(c3ccc(O)c(N4C(=O)c5ccc(-c6cc(-c7ccccc7)c(-c7ccc(Oc8ccc(-c9c(-c%10ccccc%10)cc(C)c(-c%10ccccc%10)c9-c9ccccc9)cc8)cc7)c(-c7ccccc7)c6-c6ccccc6)cc5C4=O)c3)(C(F)(F)F)C(F)(F)F)ccc1O)C2=O. The molecule has 0 fully saturated rings. The van der Waals surface area contributed by atoms with Gasteiger partial charge in [-0.25, -0.2) is 9.80 Å². The van der Waals surface area contributed by atoms with E-state index in [2.05, 4.69) is 97.9 Å². The lowest BCUT2D eigenvalue weighted by molar-refractivity contribution is -0.288. The molecule has 0 unspecified atom stereocenters. The van der Waals surface area contributed by atoms with Crippen LogP contribution in [0.3, 0.4) is 0 Å². The van der Waals surface area contributed by atoms with Gasteiger partial charge in [-0.05, 0) is 210 Å². The molecule has 108 heavy (non-hydrogen) atoms. The maximum absolute atomic E-state index is 16.1. The van der Waals surface area contributed by atoms with Crippen molar-refractivity contribution in [2.75, 3.05) is 9.80 Å². The van der Waals surface area contributed by atoms with Crippen LogP contribution in [0.1, 0.15) is 63.7 Å². The summed E-state index contributed by atoms with van der Waals surface area (Å²) < 4.78 is 104. The zero-order valence-electron chi connectivity index (χ0n) is 57.6. The van der Waals surface area contributed by atoms with Crippen LogP contribution in [0.5, 0.6) is 23.0 Å². The molecule has 0 spiro atoms. The lowest BCUT2D eigenvalue weighted by Gasteiger charge is -2.39. The van der Waals surface area contributed by atoms with Gasteiger partial charge >= 0.3 is 12.4 Å². The van der Waals surface area contributed by atoms with E-state index in [0.717, 1.165) is 89.0 Å². The first-order chi connectivity index (χ1) is 52.2. The van der Waals surface area contributed by atoms with Crippen LogP contribution in [0.25, 0.3) is 100 Å². The molecule has 2 N–H and O–H groups in total. The summed E-state index contributed by atoms with van der Waals surface area (Å²) in [6.07, 6.45) is -12.6. The minimum absolute atomic E-state index is 0.194. The number of hydrogen-bond donors (Lipinski definition) is 2. The fourth-order valence-electron chi connectivity index (χ4n) is 15.3. The van der Waals surface area contributed by atoms with Crippen LogP contribution in [0.2, 0.25) is 0 Å². The highest BCUT2D eigenvalue weighted by molar-refractivity contribution is 6.36. The monoisotopic (exact) mass is 1430 g/mol. The Morgan fingerprint density at radius 3 is 1.00 bits per heavy atom. The molecule has 0 aliphatic carbocycles. The van der Waals surface area contributed by atoms with Gasteiger partial charge in [-0.1, -0.05) is 242 Å². The third kappa shape index (κ3) is 11.7. The molecular weight excluding hydrogens is 1370 g/mol. The maximum Gasteiger partial charge on any atom is 0.411 e. The summed E-state index contributed by atoms with van der Waals surface area (Å²) in [6.45, 7) is 3.77. The van der Waals surface area contributed by atoms with Crippen LogP contribution in [-0.2, 0) is 5.41 Å². The molecule has 0 bridgehead atoms. The number of benzene rings is 14. The number of fused-ring (bicyclic) bond motifs is 2. The number of alkyl halides is 6. The number of aromatic hydroxyl groups is 2. The average Bonchev–Trinajstić information content (AvgIpc) is 0.951. The van der Waals surface area contributed by atoms with Crippen LogP contribution in [0.4, 0.5) is 37.7 Å². The van der Waals surface area contributed by atoms with Gasteiger partial charge in [0.2, 0.25) is 5.41 Å². The van der Waals surface area contributed by atoms with Crippen LogP contribution in [0.15, 0.2) is 315 Å². The molecule has 2 aliphatic rings. The summed E-state index contributed by atoms with van der Waals surface area (Å²) in [5.74, 6) is -5.44. The Morgan fingerprint density at radius 1 is 0.278 bits per heavy atom. The normalized spacial score (nSPS) is 12.9. The van der Waals surface area contributed by atoms with E-state index in [-0.39, 0.29) is 34.4 Å². The van der Waals surface area contributed by atoms with Gasteiger partial charge in [0.1, 0.15) is 23.0 Å². The Balaban J connectivity index is 0.787. The van der Waals surface area contributed by atoms with E-state index < -0.39 is 75.4 Å². The topological polar surface area (TPSA) is 124 Å². The number of ether oxygens (including phenoxy) is 1. The van der Waals surface area contributed by atoms with Gasteiger partial charge in [0.05, 0.1) is 33.6 Å². The second-order valence-corrected chi connectivity index (χ2v) is 26.7.